The summed E-state index contributed by atoms with van der Waals surface area (Å²) in [4.78, 5) is 21.2. The van der Waals surface area contributed by atoms with Gasteiger partial charge in [0.1, 0.15) is 5.25 Å². The molecule has 0 aliphatic heterocycles. The molecule has 1 rings (SSSR count). The van der Waals surface area contributed by atoms with Gasteiger partial charge in [-0.2, -0.15) is 0 Å². The molecule has 0 fully saturated rings. The van der Waals surface area contributed by atoms with Crippen LogP contribution in [0.25, 0.3) is 0 Å². The molecule has 1 aromatic rings. The second-order valence-corrected chi connectivity index (χ2v) is 5.20. The van der Waals surface area contributed by atoms with Gasteiger partial charge >= 0.3 is 5.97 Å². The molecule has 18 heavy (non-hydrogen) atoms. The van der Waals surface area contributed by atoms with Crippen molar-refractivity contribution in [3.05, 3.63) is 38.9 Å². The van der Waals surface area contributed by atoms with Crippen LogP contribution in [0.15, 0.2) is 18.2 Å². The van der Waals surface area contributed by atoms with Crippen LogP contribution < -0.4 is 0 Å². The van der Waals surface area contributed by atoms with E-state index in [-0.39, 0.29) is 11.4 Å². The van der Waals surface area contributed by atoms with E-state index in [1.54, 1.807) is 6.92 Å². The maximum atomic E-state index is 10.9. The molecule has 1 unspecified atom stereocenters. The molecule has 0 spiro atoms. The zero-order valence-corrected chi connectivity index (χ0v) is 11.2. The van der Waals surface area contributed by atoms with Gasteiger partial charge in [-0.3, -0.25) is 14.9 Å². The summed E-state index contributed by atoms with van der Waals surface area (Å²) in [7, 11) is 0. The molecule has 0 saturated carbocycles. The van der Waals surface area contributed by atoms with Crippen molar-refractivity contribution in [2.24, 2.45) is 0 Å². The molecule has 0 radical (unpaired) electrons. The van der Waals surface area contributed by atoms with Gasteiger partial charge < -0.3 is 5.11 Å². The molecule has 1 atom stereocenters. The van der Waals surface area contributed by atoms with Gasteiger partial charge in [-0.15, -0.1) is 11.8 Å². The van der Waals surface area contributed by atoms with Crippen LogP contribution in [0.1, 0.15) is 18.9 Å². The Hall–Kier alpha value is -1.27. The molecule has 0 saturated heterocycles. The highest BCUT2D eigenvalue weighted by Gasteiger charge is 2.19. The minimum atomic E-state index is -0.910. The fraction of sp³-hybridized carbons (Fsp3) is 0.364. The summed E-state index contributed by atoms with van der Waals surface area (Å²) in [5.41, 5.74) is 0.407. The first-order valence-corrected chi connectivity index (χ1v) is 6.65. The fourth-order valence-corrected chi connectivity index (χ4v) is 2.59. The van der Waals surface area contributed by atoms with Crippen LogP contribution in [0.4, 0.5) is 5.69 Å². The molecule has 0 amide bonds. The summed E-state index contributed by atoms with van der Waals surface area (Å²) in [5.74, 6) is -0.658. The molecule has 98 valence electrons. The maximum Gasteiger partial charge on any atom is 0.316 e. The van der Waals surface area contributed by atoms with Crippen LogP contribution in [0.2, 0.25) is 5.02 Å². The SMILES string of the molecule is CCC(SCc1cc(Cl)ccc1[N+](=O)[O-])C(=O)O. The predicted octanol–water partition coefficient (Wildman–Crippen LogP) is 3.34. The molecule has 1 N–H and O–H groups in total. The number of hydrogen-bond donors (Lipinski definition) is 1. The highest BCUT2D eigenvalue weighted by molar-refractivity contribution is 7.99. The Labute approximate surface area is 113 Å². The first kappa shape index (κ1) is 14.8. The first-order chi connectivity index (χ1) is 8.45. The smallest absolute Gasteiger partial charge is 0.316 e. The second kappa shape index (κ2) is 6.61. The number of nitro benzene ring substituents is 1. The Morgan fingerprint density at radius 1 is 1.61 bits per heavy atom. The topological polar surface area (TPSA) is 80.4 Å². The summed E-state index contributed by atoms with van der Waals surface area (Å²) in [5, 5.41) is 19.6. The van der Waals surface area contributed by atoms with Crippen LogP contribution in [0, 0.1) is 10.1 Å². The van der Waals surface area contributed by atoms with Gasteiger partial charge in [-0.25, -0.2) is 0 Å². The number of rotatable bonds is 6. The Morgan fingerprint density at radius 2 is 2.28 bits per heavy atom. The monoisotopic (exact) mass is 289 g/mol. The minimum absolute atomic E-state index is 0.0351. The van der Waals surface area contributed by atoms with Crippen molar-refractivity contribution in [3.63, 3.8) is 0 Å². The molecule has 0 aliphatic rings. The van der Waals surface area contributed by atoms with Crippen LogP contribution in [-0.2, 0) is 10.5 Å². The molecule has 5 nitrogen and oxygen atoms in total. The third-order valence-corrected chi connectivity index (χ3v) is 3.97. The quantitative estimate of drug-likeness (QED) is 0.641. The minimum Gasteiger partial charge on any atom is -0.480 e. The van der Waals surface area contributed by atoms with Crippen molar-refractivity contribution >= 4 is 35.0 Å². The Morgan fingerprint density at radius 3 is 2.78 bits per heavy atom. The van der Waals surface area contributed by atoms with Crippen molar-refractivity contribution in [2.45, 2.75) is 24.3 Å². The Kier molecular flexibility index (Phi) is 5.43. The zero-order valence-electron chi connectivity index (χ0n) is 9.63. The van der Waals surface area contributed by atoms with Gasteiger partial charge in [0, 0.05) is 22.4 Å². The normalized spacial score (nSPS) is 12.1. The van der Waals surface area contributed by atoms with Crippen LogP contribution >= 0.6 is 23.4 Å². The van der Waals surface area contributed by atoms with E-state index in [0.29, 0.717) is 17.0 Å². The van der Waals surface area contributed by atoms with E-state index in [4.69, 9.17) is 16.7 Å². The van der Waals surface area contributed by atoms with E-state index in [1.165, 1.54) is 18.2 Å². The van der Waals surface area contributed by atoms with Gasteiger partial charge in [0.2, 0.25) is 0 Å². The summed E-state index contributed by atoms with van der Waals surface area (Å²) < 4.78 is 0. The summed E-state index contributed by atoms with van der Waals surface area (Å²) in [6.45, 7) is 1.76. The number of nitro groups is 1. The van der Waals surface area contributed by atoms with E-state index in [9.17, 15) is 14.9 Å². The highest BCUT2D eigenvalue weighted by atomic mass is 35.5. The second-order valence-electron chi connectivity index (χ2n) is 3.58. The molecule has 0 heterocycles. The van der Waals surface area contributed by atoms with E-state index in [1.807, 2.05) is 0 Å². The molecule has 1 aromatic carbocycles. The van der Waals surface area contributed by atoms with Gasteiger partial charge in [0.05, 0.1) is 4.92 Å². The number of carboxylic acid groups (broad SMARTS) is 1. The number of nitrogens with zero attached hydrogens (tertiary/aromatic N) is 1. The number of thioether (sulfide) groups is 1. The summed E-state index contributed by atoms with van der Waals surface area (Å²) in [6.07, 6.45) is 0.467. The average Bonchev–Trinajstić information content (AvgIpc) is 2.29. The van der Waals surface area contributed by atoms with Crippen LogP contribution in [-0.4, -0.2) is 21.2 Å². The highest BCUT2D eigenvalue weighted by Crippen LogP contribution is 2.29. The molecular weight excluding hydrogens is 278 g/mol. The number of hydrogen-bond acceptors (Lipinski definition) is 4. The largest absolute Gasteiger partial charge is 0.480 e. The summed E-state index contributed by atoms with van der Waals surface area (Å²) in [6, 6.07) is 4.28. The van der Waals surface area contributed by atoms with Gasteiger partial charge in [-0.05, 0) is 18.6 Å². The predicted molar refractivity (Wildman–Crippen MR) is 71.1 cm³/mol. The van der Waals surface area contributed by atoms with Crippen molar-refractivity contribution in [2.75, 3.05) is 0 Å². The molecule has 0 bridgehead atoms. The number of carbonyl (C=O) groups is 1. The van der Waals surface area contributed by atoms with Crippen molar-refractivity contribution < 1.29 is 14.8 Å². The number of carboxylic acids is 1. The van der Waals surface area contributed by atoms with Crippen molar-refractivity contribution in [3.8, 4) is 0 Å². The lowest BCUT2D eigenvalue weighted by Gasteiger charge is -2.09. The van der Waals surface area contributed by atoms with Gasteiger partial charge in [-0.1, -0.05) is 18.5 Å². The molecular formula is C11H12ClNO4S. The third kappa shape index (κ3) is 3.89. The van der Waals surface area contributed by atoms with E-state index >= 15 is 0 Å². The fourth-order valence-electron chi connectivity index (χ4n) is 1.40. The Balaban J connectivity index is 2.86. The van der Waals surface area contributed by atoms with Crippen molar-refractivity contribution in [1.82, 2.24) is 0 Å². The van der Waals surface area contributed by atoms with E-state index in [0.717, 1.165) is 11.8 Å². The lowest BCUT2D eigenvalue weighted by molar-refractivity contribution is -0.385. The Bertz CT molecular complexity index is 466. The van der Waals surface area contributed by atoms with E-state index in [2.05, 4.69) is 0 Å². The first-order valence-electron chi connectivity index (χ1n) is 5.23. The third-order valence-electron chi connectivity index (χ3n) is 2.32. The number of halogens is 1. The van der Waals surface area contributed by atoms with Gasteiger partial charge in [0.15, 0.2) is 0 Å². The van der Waals surface area contributed by atoms with Gasteiger partial charge in [0.25, 0.3) is 5.69 Å². The maximum absolute atomic E-state index is 10.9. The lowest BCUT2D eigenvalue weighted by atomic mass is 10.2. The standard InChI is InChI=1S/C11H12ClNO4S/c1-2-10(11(14)15)18-6-7-5-8(12)3-4-9(7)13(16)17/h3-5,10H,2,6H2,1H3,(H,14,15). The van der Waals surface area contributed by atoms with Crippen molar-refractivity contribution in [1.29, 1.82) is 0 Å². The average molecular weight is 290 g/mol. The number of aliphatic carboxylic acids is 1. The van der Waals surface area contributed by atoms with Crippen LogP contribution in [0.5, 0.6) is 0 Å². The zero-order chi connectivity index (χ0) is 13.7. The summed E-state index contributed by atoms with van der Waals surface area (Å²) >= 11 is 6.95. The lowest BCUT2D eigenvalue weighted by Crippen LogP contribution is -2.15. The number of benzene rings is 1. The molecule has 7 heteroatoms. The molecule has 0 aromatic heterocycles. The van der Waals surface area contributed by atoms with E-state index < -0.39 is 16.1 Å². The van der Waals surface area contributed by atoms with Crippen LogP contribution in [0.3, 0.4) is 0 Å². The molecule has 0 aliphatic carbocycles.